The van der Waals surface area contributed by atoms with E-state index in [4.69, 9.17) is 0 Å². The van der Waals surface area contributed by atoms with Gasteiger partial charge in [-0.1, -0.05) is 24.3 Å². The van der Waals surface area contributed by atoms with Crippen molar-refractivity contribution >= 4 is 16.8 Å². The second kappa shape index (κ2) is 5.40. The largest absolute Gasteiger partial charge is 0.361 e. The first-order valence-corrected chi connectivity index (χ1v) is 6.74. The smallest absolute Gasteiger partial charge is 0.253 e. The molecular formula is C17H15FN2O. The van der Waals surface area contributed by atoms with Gasteiger partial charge in [0.25, 0.3) is 5.91 Å². The van der Waals surface area contributed by atoms with Gasteiger partial charge in [-0.15, -0.1) is 0 Å². The van der Waals surface area contributed by atoms with E-state index in [1.54, 1.807) is 25.3 Å². The number of benzene rings is 2. The Labute approximate surface area is 121 Å². The Bertz CT molecular complexity index is 807. The van der Waals surface area contributed by atoms with Crippen molar-refractivity contribution in [1.82, 2.24) is 10.3 Å². The summed E-state index contributed by atoms with van der Waals surface area (Å²) in [7, 11) is 0. The third-order valence-corrected chi connectivity index (χ3v) is 3.52. The number of fused-ring (bicyclic) bond motifs is 1. The van der Waals surface area contributed by atoms with Gasteiger partial charge in [0.05, 0.1) is 11.1 Å². The lowest BCUT2D eigenvalue weighted by Gasteiger charge is -2.07. The van der Waals surface area contributed by atoms with Crippen LogP contribution in [0.15, 0.2) is 48.7 Å². The van der Waals surface area contributed by atoms with Crippen molar-refractivity contribution in [2.45, 2.75) is 13.5 Å². The molecule has 0 aliphatic rings. The van der Waals surface area contributed by atoms with Gasteiger partial charge in [0.1, 0.15) is 5.82 Å². The third-order valence-electron chi connectivity index (χ3n) is 3.52. The highest BCUT2D eigenvalue weighted by molar-refractivity contribution is 6.05. The van der Waals surface area contributed by atoms with Crippen molar-refractivity contribution in [3.05, 3.63) is 71.2 Å². The number of amides is 1. The molecule has 2 N–H and O–H groups in total. The summed E-state index contributed by atoms with van der Waals surface area (Å²) in [6, 6.07) is 12.4. The zero-order chi connectivity index (χ0) is 14.8. The lowest BCUT2D eigenvalue weighted by Crippen LogP contribution is -2.23. The SMILES string of the molecule is Cc1ccc(CNC(=O)c2cccc3cc[nH]c23)cc1F. The molecular weight excluding hydrogens is 267 g/mol. The number of H-pyrrole nitrogens is 1. The molecule has 0 bridgehead atoms. The summed E-state index contributed by atoms with van der Waals surface area (Å²) in [5, 5.41) is 3.81. The van der Waals surface area contributed by atoms with Gasteiger partial charge in [-0.3, -0.25) is 4.79 Å². The lowest BCUT2D eigenvalue weighted by atomic mass is 10.1. The maximum Gasteiger partial charge on any atom is 0.253 e. The predicted molar refractivity (Wildman–Crippen MR) is 80.6 cm³/mol. The molecule has 3 aromatic rings. The van der Waals surface area contributed by atoms with Gasteiger partial charge in [-0.25, -0.2) is 4.39 Å². The van der Waals surface area contributed by atoms with Gasteiger partial charge in [-0.2, -0.15) is 0 Å². The molecule has 1 amide bonds. The number of para-hydroxylation sites is 1. The van der Waals surface area contributed by atoms with Gasteiger partial charge in [0, 0.05) is 18.1 Å². The van der Waals surface area contributed by atoms with Crippen LogP contribution in [0.2, 0.25) is 0 Å². The molecule has 0 unspecified atom stereocenters. The van der Waals surface area contributed by atoms with Crippen LogP contribution in [0.1, 0.15) is 21.5 Å². The maximum atomic E-state index is 13.5. The van der Waals surface area contributed by atoms with Crippen molar-refractivity contribution in [2.75, 3.05) is 0 Å². The zero-order valence-electron chi connectivity index (χ0n) is 11.6. The van der Waals surface area contributed by atoms with E-state index in [1.165, 1.54) is 6.07 Å². The molecule has 1 aromatic heterocycles. The highest BCUT2D eigenvalue weighted by Gasteiger charge is 2.10. The van der Waals surface area contributed by atoms with Gasteiger partial charge in [-0.05, 0) is 36.2 Å². The summed E-state index contributed by atoms with van der Waals surface area (Å²) in [6.07, 6.45) is 1.80. The molecule has 0 saturated heterocycles. The van der Waals surface area contributed by atoms with E-state index >= 15 is 0 Å². The molecule has 0 atom stereocenters. The van der Waals surface area contributed by atoms with Gasteiger partial charge < -0.3 is 10.3 Å². The topological polar surface area (TPSA) is 44.9 Å². The molecule has 0 fully saturated rings. The molecule has 21 heavy (non-hydrogen) atoms. The summed E-state index contributed by atoms with van der Waals surface area (Å²) in [4.78, 5) is 15.3. The molecule has 0 radical (unpaired) electrons. The van der Waals surface area contributed by atoms with E-state index in [1.807, 2.05) is 24.3 Å². The Kier molecular flexibility index (Phi) is 3.44. The first kappa shape index (κ1) is 13.4. The zero-order valence-corrected chi connectivity index (χ0v) is 11.6. The standard InChI is InChI=1S/C17H15FN2O/c1-11-5-6-12(9-15(11)18)10-20-17(21)14-4-2-3-13-7-8-19-16(13)14/h2-9,19H,10H2,1H3,(H,20,21). The molecule has 0 spiro atoms. The van der Waals surface area contributed by atoms with Crippen molar-refractivity contribution in [1.29, 1.82) is 0 Å². The number of halogens is 1. The van der Waals surface area contributed by atoms with E-state index in [0.29, 0.717) is 17.7 Å². The van der Waals surface area contributed by atoms with E-state index < -0.39 is 0 Å². The highest BCUT2D eigenvalue weighted by Crippen LogP contribution is 2.17. The van der Waals surface area contributed by atoms with Crippen LogP contribution in [0.25, 0.3) is 10.9 Å². The molecule has 1 heterocycles. The number of hydrogen-bond acceptors (Lipinski definition) is 1. The van der Waals surface area contributed by atoms with Crippen LogP contribution >= 0.6 is 0 Å². The Morgan fingerprint density at radius 1 is 1.24 bits per heavy atom. The fourth-order valence-corrected chi connectivity index (χ4v) is 2.30. The molecule has 106 valence electrons. The third kappa shape index (κ3) is 2.65. The van der Waals surface area contributed by atoms with Crippen LogP contribution < -0.4 is 5.32 Å². The minimum atomic E-state index is -0.256. The Balaban J connectivity index is 1.77. The fraction of sp³-hybridized carbons (Fsp3) is 0.118. The summed E-state index contributed by atoms with van der Waals surface area (Å²) < 4.78 is 13.5. The van der Waals surface area contributed by atoms with Gasteiger partial charge in [0.15, 0.2) is 0 Å². The summed E-state index contributed by atoms with van der Waals surface area (Å²) >= 11 is 0. The normalized spacial score (nSPS) is 10.8. The highest BCUT2D eigenvalue weighted by atomic mass is 19.1. The lowest BCUT2D eigenvalue weighted by molar-refractivity contribution is 0.0952. The number of aromatic nitrogens is 1. The van der Waals surface area contributed by atoms with Gasteiger partial charge >= 0.3 is 0 Å². The van der Waals surface area contributed by atoms with Crippen LogP contribution in [-0.2, 0) is 6.54 Å². The van der Waals surface area contributed by atoms with Crippen LogP contribution in [-0.4, -0.2) is 10.9 Å². The summed E-state index contributed by atoms with van der Waals surface area (Å²) in [6.45, 7) is 2.01. The monoisotopic (exact) mass is 282 g/mol. The number of carbonyl (C=O) groups excluding carboxylic acids is 1. The van der Waals surface area contributed by atoms with Crippen molar-refractivity contribution in [2.24, 2.45) is 0 Å². The van der Waals surface area contributed by atoms with Crippen LogP contribution in [0.5, 0.6) is 0 Å². The van der Waals surface area contributed by atoms with Gasteiger partial charge in [0.2, 0.25) is 0 Å². The van der Waals surface area contributed by atoms with Crippen molar-refractivity contribution in [3.8, 4) is 0 Å². The molecule has 0 saturated carbocycles. The number of carbonyl (C=O) groups is 1. The Morgan fingerprint density at radius 2 is 2.10 bits per heavy atom. The van der Waals surface area contributed by atoms with E-state index in [0.717, 1.165) is 16.5 Å². The molecule has 4 heteroatoms. The molecule has 3 rings (SSSR count). The molecule has 0 aliphatic heterocycles. The average Bonchev–Trinajstić information content (AvgIpc) is 2.96. The fourth-order valence-electron chi connectivity index (χ4n) is 2.30. The molecule has 3 nitrogen and oxygen atoms in total. The quantitative estimate of drug-likeness (QED) is 0.758. The Morgan fingerprint density at radius 3 is 2.90 bits per heavy atom. The first-order chi connectivity index (χ1) is 10.1. The number of aryl methyl sites for hydroxylation is 1. The van der Waals surface area contributed by atoms with Crippen molar-refractivity contribution in [3.63, 3.8) is 0 Å². The minimum Gasteiger partial charge on any atom is -0.361 e. The predicted octanol–water partition coefficient (Wildman–Crippen LogP) is 3.55. The maximum absolute atomic E-state index is 13.5. The Hall–Kier alpha value is -2.62. The van der Waals surface area contributed by atoms with E-state index in [-0.39, 0.29) is 11.7 Å². The second-order valence-corrected chi connectivity index (χ2v) is 5.01. The van der Waals surface area contributed by atoms with Crippen LogP contribution in [0, 0.1) is 12.7 Å². The van der Waals surface area contributed by atoms with Crippen molar-refractivity contribution < 1.29 is 9.18 Å². The average molecular weight is 282 g/mol. The number of rotatable bonds is 3. The molecule has 0 aliphatic carbocycles. The second-order valence-electron chi connectivity index (χ2n) is 5.01. The summed E-state index contributed by atoms with van der Waals surface area (Å²) in [5.41, 5.74) is 2.74. The van der Waals surface area contributed by atoms with E-state index in [2.05, 4.69) is 10.3 Å². The number of hydrogen-bond donors (Lipinski definition) is 2. The number of nitrogens with one attached hydrogen (secondary N) is 2. The van der Waals surface area contributed by atoms with E-state index in [9.17, 15) is 9.18 Å². The van der Waals surface area contributed by atoms with Crippen LogP contribution in [0.3, 0.4) is 0 Å². The molecule has 2 aromatic carbocycles. The summed E-state index contributed by atoms with van der Waals surface area (Å²) in [5.74, 6) is -0.433. The first-order valence-electron chi connectivity index (χ1n) is 6.74. The number of aromatic amines is 1. The minimum absolute atomic E-state index is 0.177. The van der Waals surface area contributed by atoms with Crippen LogP contribution in [0.4, 0.5) is 4.39 Å².